The molecule has 4 rings (SSSR count). The van der Waals surface area contributed by atoms with Crippen LogP contribution in [0.5, 0.6) is 0 Å². The Hall–Kier alpha value is -4.17. The molecular weight excluding hydrogens is 470 g/mol. The molecule has 1 heterocycles. The second kappa shape index (κ2) is 11.7. The van der Waals surface area contributed by atoms with Gasteiger partial charge in [-0.2, -0.15) is 0 Å². The van der Waals surface area contributed by atoms with Crippen molar-refractivity contribution in [3.63, 3.8) is 0 Å². The lowest BCUT2D eigenvalue weighted by Gasteiger charge is -2.35. The minimum atomic E-state index is -0.682. The van der Waals surface area contributed by atoms with Crippen LogP contribution in [-0.4, -0.2) is 49.7 Å². The van der Waals surface area contributed by atoms with Gasteiger partial charge in [-0.1, -0.05) is 55.5 Å². The number of hydrogen-bond acceptors (Lipinski definition) is 5. The van der Waals surface area contributed by atoms with E-state index in [0.717, 1.165) is 17.2 Å². The molecule has 0 aliphatic carbocycles. The van der Waals surface area contributed by atoms with E-state index in [4.69, 9.17) is 9.47 Å². The number of nitrogens with one attached hydrogen (secondary N) is 2. The van der Waals surface area contributed by atoms with Crippen molar-refractivity contribution in [2.24, 2.45) is 0 Å². The van der Waals surface area contributed by atoms with Gasteiger partial charge in [-0.05, 0) is 47.9 Å². The molecule has 1 atom stereocenters. The fourth-order valence-corrected chi connectivity index (χ4v) is 4.46. The molecule has 0 fully saturated rings. The van der Waals surface area contributed by atoms with Crippen molar-refractivity contribution in [2.45, 2.75) is 26.3 Å². The summed E-state index contributed by atoms with van der Waals surface area (Å²) >= 11 is 0. The van der Waals surface area contributed by atoms with Gasteiger partial charge in [-0.15, -0.1) is 0 Å². The third-order valence-electron chi connectivity index (χ3n) is 6.32. The van der Waals surface area contributed by atoms with Crippen molar-refractivity contribution in [3.8, 4) is 0 Å². The SMILES string of the molecule is CCCN1C(=O)N[C@@H](c2ccc(NC(=O)c3cccc4ccccc34)cc2)C(C(=O)OCCOC)=C1C. The lowest BCUT2D eigenvalue weighted by molar-refractivity contribution is -0.140. The van der Waals surface area contributed by atoms with Gasteiger partial charge in [0.25, 0.3) is 5.91 Å². The zero-order chi connectivity index (χ0) is 26.4. The molecule has 0 unspecified atom stereocenters. The number of esters is 1. The van der Waals surface area contributed by atoms with Crippen LogP contribution in [-0.2, 0) is 14.3 Å². The number of ether oxygens (including phenoxy) is 2. The number of urea groups is 1. The van der Waals surface area contributed by atoms with E-state index in [1.807, 2.05) is 43.3 Å². The Kier molecular flexibility index (Phi) is 8.20. The first-order chi connectivity index (χ1) is 17.9. The smallest absolute Gasteiger partial charge is 0.338 e. The summed E-state index contributed by atoms with van der Waals surface area (Å²) in [4.78, 5) is 40.4. The van der Waals surface area contributed by atoms with Crippen LogP contribution in [0, 0.1) is 0 Å². The van der Waals surface area contributed by atoms with Gasteiger partial charge >= 0.3 is 12.0 Å². The van der Waals surface area contributed by atoms with E-state index in [-0.39, 0.29) is 25.2 Å². The maximum atomic E-state index is 13.0. The van der Waals surface area contributed by atoms with Gasteiger partial charge in [-0.3, -0.25) is 9.69 Å². The average Bonchev–Trinajstić information content (AvgIpc) is 2.91. The Morgan fingerprint density at radius 1 is 1.00 bits per heavy atom. The van der Waals surface area contributed by atoms with Crippen molar-refractivity contribution in [3.05, 3.63) is 89.1 Å². The van der Waals surface area contributed by atoms with Crippen LogP contribution in [0.2, 0.25) is 0 Å². The van der Waals surface area contributed by atoms with Crippen LogP contribution in [0.1, 0.15) is 42.2 Å². The summed E-state index contributed by atoms with van der Waals surface area (Å²) in [5, 5.41) is 7.74. The van der Waals surface area contributed by atoms with Crippen molar-refractivity contribution < 1.29 is 23.9 Å². The number of methoxy groups -OCH3 is 1. The highest BCUT2D eigenvalue weighted by Crippen LogP contribution is 2.32. The van der Waals surface area contributed by atoms with E-state index >= 15 is 0 Å². The van der Waals surface area contributed by atoms with E-state index in [1.54, 1.807) is 42.2 Å². The number of nitrogens with zero attached hydrogens (tertiary/aromatic N) is 1. The molecule has 3 aromatic rings. The fraction of sp³-hybridized carbons (Fsp3) is 0.276. The summed E-state index contributed by atoms with van der Waals surface area (Å²) in [6.07, 6.45) is 0.743. The summed E-state index contributed by atoms with van der Waals surface area (Å²) < 4.78 is 10.4. The van der Waals surface area contributed by atoms with Crippen molar-refractivity contribution in [1.29, 1.82) is 0 Å². The first kappa shape index (κ1) is 25.9. The average molecular weight is 502 g/mol. The number of fused-ring (bicyclic) bond motifs is 1. The van der Waals surface area contributed by atoms with Crippen LogP contribution in [0.25, 0.3) is 10.8 Å². The van der Waals surface area contributed by atoms with Gasteiger partial charge in [0.2, 0.25) is 0 Å². The van der Waals surface area contributed by atoms with E-state index in [9.17, 15) is 14.4 Å². The van der Waals surface area contributed by atoms with Crippen LogP contribution in [0.4, 0.5) is 10.5 Å². The van der Waals surface area contributed by atoms with E-state index in [1.165, 1.54) is 7.11 Å². The van der Waals surface area contributed by atoms with Crippen LogP contribution < -0.4 is 10.6 Å². The number of carbonyl (C=O) groups excluding carboxylic acids is 3. The molecule has 8 nitrogen and oxygen atoms in total. The normalized spacial score (nSPS) is 15.5. The molecule has 0 saturated heterocycles. The maximum Gasteiger partial charge on any atom is 0.338 e. The Bertz CT molecular complexity index is 1330. The highest BCUT2D eigenvalue weighted by atomic mass is 16.6. The highest BCUT2D eigenvalue weighted by molar-refractivity contribution is 6.12. The standard InChI is InChI=1S/C29H31N3O5/c1-4-16-32-19(2)25(28(34)37-18-17-36-3)26(31-29(32)35)21-12-14-22(15-13-21)30-27(33)24-11-7-9-20-8-5-6-10-23(20)24/h5-15,26H,4,16-18H2,1-3H3,(H,30,33)(H,31,35)/t26-/m0/s1. The van der Waals surface area contributed by atoms with Crippen molar-refractivity contribution in [1.82, 2.24) is 10.2 Å². The second-order valence-corrected chi connectivity index (χ2v) is 8.76. The lowest BCUT2D eigenvalue weighted by Crippen LogP contribution is -2.48. The largest absolute Gasteiger partial charge is 0.460 e. The van der Waals surface area contributed by atoms with Crippen molar-refractivity contribution in [2.75, 3.05) is 32.2 Å². The van der Waals surface area contributed by atoms with Gasteiger partial charge in [0, 0.05) is 30.6 Å². The predicted molar refractivity (Wildman–Crippen MR) is 142 cm³/mol. The first-order valence-corrected chi connectivity index (χ1v) is 12.3. The third kappa shape index (κ3) is 5.65. The number of anilines is 1. The zero-order valence-electron chi connectivity index (χ0n) is 21.2. The monoisotopic (exact) mass is 501 g/mol. The summed E-state index contributed by atoms with van der Waals surface area (Å²) in [7, 11) is 1.53. The summed E-state index contributed by atoms with van der Waals surface area (Å²) in [5.74, 6) is -0.724. The van der Waals surface area contributed by atoms with E-state index in [2.05, 4.69) is 10.6 Å². The summed E-state index contributed by atoms with van der Waals surface area (Å²) in [6, 6.07) is 19.5. The van der Waals surface area contributed by atoms with Gasteiger partial charge in [0.05, 0.1) is 18.2 Å². The predicted octanol–water partition coefficient (Wildman–Crippen LogP) is 5.03. The molecular formula is C29H31N3O5. The third-order valence-corrected chi connectivity index (χ3v) is 6.32. The van der Waals surface area contributed by atoms with Gasteiger partial charge in [-0.25, -0.2) is 9.59 Å². The number of benzene rings is 3. The molecule has 1 aliphatic heterocycles. The molecule has 0 aromatic heterocycles. The zero-order valence-corrected chi connectivity index (χ0v) is 21.2. The number of carbonyl (C=O) groups is 3. The minimum Gasteiger partial charge on any atom is -0.460 e. The molecule has 0 bridgehead atoms. The molecule has 0 radical (unpaired) electrons. The van der Waals surface area contributed by atoms with Crippen LogP contribution in [0.15, 0.2) is 78.0 Å². The second-order valence-electron chi connectivity index (χ2n) is 8.76. The molecule has 3 aromatic carbocycles. The fourth-order valence-electron chi connectivity index (χ4n) is 4.46. The van der Waals surface area contributed by atoms with E-state index < -0.39 is 12.0 Å². The number of hydrogen-bond donors (Lipinski definition) is 2. The minimum absolute atomic E-state index is 0.111. The van der Waals surface area contributed by atoms with Crippen LogP contribution in [0.3, 0.4) is 0 Å². The Morgan fingerprint density at radius 2 is 1.73 bits per heavy atom. The summed E-state index contributed by atoms with van der Waals surface area (Å²) in [6.45, 7) is 4.60. The Morgan fingerprint density at radius 3 is 2.46 bits per heavy atom. The number of allylic oxidation sites excluding steroid dienone is 1. The summed E-state index contributed by atoms with van der Waals surface area (Å²) in [5.41, 5.74) is 2.81. The molecule has 37 heavy (non-hydrogen) atoms. The number of rotatable bonds is 9. The van der Waals surface area contributed by atoms with Gasteiger partial charge in [0.15, 0.2) is 0 Å². The molecule has 1 aliphatic rings. The Labute approximate surface area is 216 Å². The quantitative estimate of drug-likeness (QED) is 0.317. The topological polar surface area (TPSA) is 97.0 Å². The molecule has 3 amide bonds. The first-order valence-electron chi connectivity index (χ1n) is 12.3. The highest BCUT2D eigenvalue weighted by Gasteiger charge is 2.36. The van der Waals surface area contributed by atoms with Gasteiger partial charge < -0.3 is 20.1 Å². The Balaban J connectivity index is 1.58. The molecule has 8 heteroatoms. The van der Waals surface area contributed by atoms with Crippen LogP contribution >= 0.6 is 0 Å². The number of amides is 3. The van der Waals surface area contributed by atoms with E-state index in [0.29, 0.717) is 34.6 Å². The maximum absolute atomic E-state index is 13.0. The van der Waals surface area contributed by atoms with Gasteiger partial charge in [0.1, 0.15) is 6.61 Å². The lowest BCUT2D eigenvalue weighted by atomic mass is 9.94. The molecule has 2 N–H and O–H groups in total. The molecule has 192 valence electrons. The van der Waals surface area contributed by atoms with Crippen molar-refractivity contribution >= 4 is 34.4 Å². The molecule has 0 saturated carbocycles. The molecule has 0 spiro atoms.